The number of fused-ring (bicyclic) bond motifs is 4. The standard InChI is InChI=1S/C46H54N2O2/c1-5-9-15-25-48(26-16-10-6-2)42-24-22-36(38-28-32-18-12-14-20-34(32)30-40(38)42)44-45(49)43(46(44)50)35-21-23-41(47(7-3)8-4)39-29-33-19-13-11-17-31(33)27-37(35)39/h11-14,17-24,27-30,43-46,49-50H,5-10,15-16,25-26H2,1-4H3. The molecule has 1 aliphatic rings. The Labute approximate surface area is 298 Å². The normalized spacial score (nSPS) is 19.0. The largest absolute Gasteiger partial charge is 0.392 e. The molecule has 260 valence electrons. The van der Waals surface area contributed by atoms with Gasteiger partial charge < -0.3 is 20.0 Å². The minimum atomic E-state index is -0.704. The van der Waals surface area contributed by atoms with Crippen LogP contribution in [0.25, 0.3) is 43.1 Å². The van der Waals surface area contributed by atoms with Crippen molar-refractivity contribution in [2.24, 2.45) is 0 Å². The van der Waals surface area contributed by atoms with Crippen molar-refractivity contribution in [3.05, 3.63) is 108 Å². The van der Waals surface area contributed by atoms with Gasteiger partial charge in [0.05, 0.1) is 12.2 Å². The zero-order chi connectivity index (χ0) is 34.8. The first-order chi connectivity index (χ1) is 24.5. The molecular weight excluding hydrogens is 613 g/mol. The number of hydrogen-bond acceptors (Lipinski definition) is 4. The van der Waals surface area contributed by atoms with Crippen LogP contribution in [0.5, 0.6) is 0 Å². The molecule has 6 aromatic carbocycles. The van der Waals surface area contributed by atoms with Crippen LogP contribution in [0.3, 0.4) is 0 Å². The molecule has 1 saturated carbocycles. The molecule has 0 spiro atoms. The van der Waals surface area contributed by atoms with E-state index in [1.54, 1.807) is 0 Å². The summed E-state index contributed by atoms with van der Waals surface area (Å²) in [6.07, 6.45) is 5.81. The first-order valence-electron chi connectivity index (χ1n) is 19.3. The lowest BCUT2D eigenvalue weighted by atomic mass is 9.62. The maximum atomic E-state index is 12.1. The maximum Gasteiger partial charge on any atom is 0.0727 e. The fraction of sp³-hybridized carbons (Fsp3) is 0.391. The van der Waals surface area contributed by atoms with Crippen molar-refractivity contribution in [3.63, 3.8) is 0 Å². The predicted molar refractivity (Wildman–Crippen MR) is 215 cm³/mol. The molecule has 7 rings (SSSR count). The predicted octanol–water partition coefficient (Wildman–Crippen LogP) is 10.9. The lowest BCUT2D eigenvalue weighted by Gasteiger charge is -2.48. The summed E-state index contributed by atoms with van der Waals surface area (Å²) < 4.78 is 0. The van der Waals surface area contributed by atoms with Crippen molar-refractivity contribution in [1.82, 2.24) is 0 Å². The van der Waals surface area contributed by atoms with Gasteiger partial charge in [-0.1, -0.05) is 100 Å². The Bertz CT molecular complexity index is 2080. The number of rotatable bonds is 14. The number of benzene rings is 6. The number of anilines is 2. The van der Waals surface area contributed by atoms with Crippen molar-refractivity contribution in [2.45, 2.75) is 90.3 Å². The van der Waals surface area contributed by atoms with Crippen molar-refractivity contribution in [3.8, 4) is 0 Å². The molecule has 4 heteroatoms. The average Bonchev–Trinajstić information content (AvgIpc) is 3.14. The van der Waals surface area contributed by atoms with E-state index in [-0.39, 0.29) is 11.8 Å². The van der Waals surface area contributed by atoms with E-state index in [4.69, 9.17) is 0 Å². The summed E-state index contributed by atoms with van der Waals surface area (Å²) in [5, 5.41) is 33.7. The van der Waals surface area contributed by atoms with E-state index in [0.29, 0.717) is 0 Å². The Morgan fingerprint density at radius 1 is 0.460 bits per heavy atom. The van der Waals surface area contributed by atoms with Gasteiger partial charge >= 0.3 is 0 Å². The first-order valence-corrected chi connectivity index (χ1v) is 19.3. The van der Waals surface area contributed by atoms with Crippen LogP contribution >= 0.6 is 0 Å². The third kappa shape index (κ3) is 6.22. The second-order valence-electron chi connectivity index (χ2n) is 14.4. The molecule has 0 aliphatic heterocycles. The Morgan fingerprint density at radius 2 is 0.840 bits per heavy atom. The number of hydrogen-bond donors (Lipinski definition) is 2. The molecule has 0 saturated heterocycles. The van der Waals surface area contributed by atoms with Gasteiger partial charge in [-0.05, 0) is 107 Å². The van der Waals surface area contributed by atoms with Crippen molar-refractivity contribution < 1.29 is 10.2 Å². The molecule has 2 atom stereocenters. The molecule has 6 aromatic rings. The van der Waals surface area contributed by atoms with Gasteiger partial charge in [0.15, 0.2) is 0 Å². The van der Waals surface area contributed by atoms with Crippen LogP contribution in [-0.4, -0.2) is 48.6 Å². The third-order valence-corrected chi connectivity index (χ3v) is 11.5. The van der Waals surface area contributed by atoms with Gasteiger partial charge in [0.25, 0.3) is 0 Å². The zero-order valence-electron chi connectivity index (χ0n) is 30.4. The Kier molecular flexibility index (Phi) is 10.3. The highest BCUT2D eigenvalue weighted by atomic mass is 16.3. The molecule has 0 aromatic heterocycles. The van der Waals surface area contributed by atoms with Gasteiger partial charge in [0.1, 0.15) is 0 Å². The van der Waals surface area contributed by atoms with Gasteiger partial charge in [-0.15, -0.1) is 0 Å². The topological polar surface area (TPSA) is 46.9 Å². The van der Waals surface area contributed by atoms with Crippen LogP contribution in [0.1, 0.15) is 89.2 Å². The van der Waals surface area contributed by atoms with Crippen molar-refractivity contribution in [2.75, 3.05) is 36.0 Å². The quantitative estimate of drug-likeness (QED) is 0.0897. The molecule has 2 unspecified atom stereocenters. The van der Waals surface area contributed by atoms with E-state index in [1.807, 2.05) is 0 Å². The number of aliphatic hydroxyl groups is 2. The van der Waals surface area contributed by atoms with E-state index in [9.17, 15) is 10.2 Å². The molecule has 1 aliphatic carbocycles. The first kappa shape index (κ1) is 34.3. The third-order valence-electron chi connectivity index (χ3n) is 11.5. The van der Waals surface area contributed by atoms with Crippen LogP contribution in [0.4, 0.5) is 11.4 Å². The fourth-order valence-electron chi connectivity index (χ4n) is 8.67. The van der Waals surface area contributed by atoms with Gasteiger partial charge in [0.2, 0.25) is 0 Å². The highest BCUT2D eigenvalue weighted by Gasteiger charge is 2.51. The molecule has 2 N–H and O–H groups in total. The van der Waals surface area contributed by atoms with E-state index in [1.165, 1.54) is 82.2 Å². The van der Waals surface area contributed by atoms with E-state index in [0.717, 1.165) is 48.1 Å². The number of nitrogens with zero attached hydrogens (tertiary/aromatic N) is 2. The number of aliphatic hydroxyl groups excluding tert-OH is 2. The van der Waals surface area contributed by atoms with Crippen LogP contribution < -0.4 is 9.80 Å². The highest BCUT2D eigenvalue weighted by Crippen LogP contribution is 2.52. The summed E-state index contributed by atoms with van der Waals surface area (Å²) >= 11 is 0. The van der Waals surface area contributed by atoms with Crippen LogP contribution in [0.2, 0.25) is 0 Å². The van der Waals surface area contributed by atoms with E-state index in [2.05, 4.69) is 135 Å². The highest BCUT2D eigenvalue weighted by molar-refractivity contribution is 6.07. The van der Waals surface area contributed by atoms with Crippen LogP contribution in [-0.2, 0) is 0 Å². The maximum absolute atomic E-state index is 12.1. The minimum Gasteiger partial charge on any atom is -0.392 e. The molecule has 1 fully saturated rings. The van der Waals surface area contributed by atoms with Crippen LogP contribution in [0, 0.1) is 0 Å². The summed E-state index contributed by atoms with van der Waals surface area (Å²) in [5.74, 6) is -0.742. The van der Waals surface area contributed by atoms with Crippen LogP contribution in [0.15, 0.2) is 97.1 Å². The monoisotopic (exact) mass is 666 g/mol. The van der Waals surface area contributed by atoms with E-state index >= 15 is 0 Å². The van der Waals surface area contributed by atoms with Gasteiger partial charge in [-0.2, -0.15) is 0 Å². The summed E-state index contributed by atoms with van der Waals surface area (Å²) in [6.45, 7) is 12.9. The second kappa shape index (κ2) is 15.0. The zero-order valence-corrected chi connectivity index (χ0v) is 30.4. The molecule has 0 heterocycles. The van der Waals surface area contributed by atoms with Crippen molar-refractivity contribution >= 4 is 54.5 Å². The fourth-order valence-corrected chi connectivity index (χ4v) is 8.67. The number of unbranched alkanes of at least 4 members (excludes halogenated alkanes) is 4. The summed E-state index contributed by atoms with van der Waals surface area (Å²) in [7, 11) is 0. The Balaban J connectivity index is 1.32. The van der Waals surface area contributed by atoms with Crippen molar-refractivity contribution in [1.29, 1.82) is 0 Å². The second-order valence-corrected chi connectivity index (χ2v) is 14.4. The van der Waals surface area contributed by atoms with Gasteiger partial charge in [0, 0.05) is 60.2 Å². The molecule has 0 amide bonds. The lowest BCUT2D eigenvalue weighted by Crippen LogP contribution is -2.51. The van der Waals surface area contributed by atoms with Gasteiger partial charge in [-0.25, -0.2) is 0 Å². The molecule has 4 nitrogen and oxygen atoms in total. The van der Waals surface area contributed by atoms with Gasteiger partial charge in [-0.3, -0.25) is 0 Å². The smallest absolute Gasteiger partial charge is 0.0727 e. The summed E-state index contributed by atoms with van der Waals surface area (Å²) in [6, 6.07) is 35.1. The van der Waals surface area contributed by atoms with E-state index < -0.39 is 12.2 Å². The Hall–Kier alpha value is -4.12. The average molecular weight is 667 g/mol. The molecule has 0 bridgehead atoms. The molecule has 50 heavy (non-hydrogen) atoms. The summed E-state index contributed by atoms with van der Waals surface area (Å²) in [5.41, 5.74) is 4.55. The summed E-state index contributed by atoms with van der Waals surface area (Å²) in [4.78, 5) is 4.99. The minimum absolute atomic E-state index is 0.371. The SMILES string of the molecule is CCCCCN(CCCCC)c1ccc(C2C(O)C(c3ccc(N(CC)CC)c4cc5ccccc5cc34)C2O)c2cc3ccccc3cc12. The Morgan fingerprint density at radius 3 is 1.22 bits per heavy atom. The molecule has 0 radical (unpaired) electrons. The lowest BCUT2D eigenvalue weighted by molar-refractivity contribution is -0.0775. The molecular formula is C46H54N2O2.